The second kappa shape index (κ2) is 8.80. The molecule has 1 aromatic heterocycles. The number of benzene rings is 1. The first-order chi connectivity index (χ1) is 13.8. The van der Waals surface area contributed by atoms with E-state index in [1.807, 2.05) is 43.4 Å². The maximum absolute atomic E-state index is 12.9. The SMILES string of the molecule is COc1ccc(/C(O)=C2\C(=O)C(=O)N(CCCN(C)C)[C@@H]2c2cccs2)c(C)c1. The van der Waals surface area contributed by atoms with Crippen molar-refractivity contribution in [1.82, 2.24) is 9.80 Å². The number of methoxy groups -OCH3 is 1. The molecule has 0 saturated carbocycles. The van der Waals surface area contributed by atoms with E-state index in [0.717, 1.165) is 23.4 Å². The number of ether oxygens (including phenoxy) is 1. The van der Waals surface area contributed by atoms with Gasteiger partial charge in [0.1, 0.15) is 11.5 Å². The van der Waals surface area contributed by atoms with E-state index >= 15 is 0 Å². The van der Waals surface area contributed by atoms with Gasteiger partial charge in [-0.25, -0.2) is 0 Å². The van der Waals surface area contributed by atoms with Crippen LogP contribution in [0.3, 0.4) is 0 Å². The predicted octanol–water partition coefficient (Wildman–Crippen LogP) is 3.44. The Morgan fingerprint density at radius 3 is 2.62 bits per heavy atom. The number of hydrogen-bond acceptors (Lipinski definition) is 6. The van der Waals surface area contributed by atoms with Crippen LogP contribution in [0.15, 0.2) is 41.3 Å². The summed E-state index contributed by atoms with van der Waals surface area (Å²) in [4.78, 5) is 30.2. The maximum Gasteiger partial charge on any atom is 0.295 e. The third kappa shape index (κ3) is 4.21. The molecule has 6 nitrogen and oxygen atoms in total. The number of aliphatic hydroxyl groups is 1. The fourth-order valence-electron chi connectivity index (χ4n) is 3.58. The molecular formula is C22H26N2O4S. The first kappa shape index (κ1) is 21.1. The van der Waals surface area contributed by atoms with Gasteiger partial charge in [0, 0.05) is 17.0 Å². The van der Waals surface area contributed by atoms with Crippen molar-refractivity contribution >= 4 is 28.8 Å². The van der Waals surface area contributed by atoms with Crippen LogP contribution in [-0.4, -0.2) is 60.9 Å². The Kier molecular flexibility index (Phi) is 6.39. The van der Waals surface area contributed by atoms with E-state index < -0.39 is 17.7 Å². The van der Waals surface area contributed by atoms with E-state index in [9.17, 15) is 14.7 Å². The third-order valence-corrected chi connectivity index (χ3v) is 5.97. The summed E-state index contributed by atoms with van der Waals surface area (Å²) in [6.45, 7) is 3.09. The molecule has 3 rings (SSSR count). The summed E-state index contributed by atoms with van der Waals surface area (Å²) in [5.74, 6) is -0.675. The fraction of sp³-hybridized carbons (Fsp3) is 0.364. The molecule has 1 aliphatic heterocycles. The molecule has 1 N–H and O–H groups in total. The number of carbonyl (C=O) groups excluding carboxylic acids is 2. The smallest absolute Gasteiger partial charge is 0.295 e. The van der Waals surface area contributed by atoms with Crippen molar-refractivity contribution in [3.8, 4) is 5.75 Å². The minimum absolute atomic E-state index is 0.142. The maximum atomic E-state index is 12.9. The van der Waals surface area contributed by atoms with Gasteiger partial charge in [0.2, 0.25) is 0 Å². The van der Waals surface area contributed by atoms with Crippen molar-refractivity contribution in [2.24, 2.45) is 0 Å². The summed E-state index contributed by atoms with van der Waals surface area (Å²) >= 11 is 1.47. The Morgan fingerprint density at radius 2 is 2.03 bits per heavy atom. The van der Waals surface area contributed by atoms with Gasteiger partial charge >= 0.3 is 0 Å². The highest BCUT2D eigenvalue weighted by atomic mass is 32.1. The monoisotopic (exact) mass is 414 g/mol. The number of amides is 1. The molecule has 0 bridgehead atoms. The number of aliphatic hydroxyl groups excluding tert-OH is 1. The second-order valence-corrected chi connectivity index (χ2v) is 8.32. The van der Waals surface area contributed by atoms with E-state index in [1.165, 1.54) is 11.3 Å². The zero-order valence-electron chi connectivity index (χ0n) is 17.1. The lowest BCUT2D eigenvalue weighted by Crippen LogP contribution is -2.32. The van der Waals surface area contributed by atoms with Crippen LogP contribution in [0.5, 0.6) is 5.75 Å². The van der Waals surface area contributed by atoms with Crippen molar-refractivity contribution in [1.29, 1.82) is 0 Å². The summed E-state index contributed by atoms with van der Waals surface area (Å²) in [6, 6.07) is 8.46. The minimum atomic E-state index is -0.638. The molecule has 1 atom stereocenters. The molecule has 29 heavy (non-hydrogen) atoms. The largest absolute Gasteiger partial charge is 0.507 e. The zero-order valence-corrected chi connectivity index (χ0v) is 18.0. The highest BCUT2D eigenvalue weighted by molar-refractivity contribution is 7.10. The number of aryl methyl sites for hydroxylation is 1. The van der Waals surface area contributed by atoms with Crippen molar-refractivity contribution in [3.05, 3.63) is 57.3 Å². The van der Waals surface area contributed by atoms with Crippen LogP contribution in [0.1, 0.15) is 28.5 Å². The summed E-state index contributed by atoms with van der Waals surface area (Å²) in [5.41, 5.74) is 1.44. The van der Waals surface area contributed by atoms with Gasteiger partial charge in [-0.05, 0) is 69.2 Å². The summed E-state index contributed by atoms with van der Waals surface area (Å²) < 4.78 is 5.22. The van der Waals surface area contributed by atoms with Crippen LogP contribution in [0, 0.1) is 6.92 Å². The van der Waals surface area contributed by atoms with Crippen LogP contribution < -0.4 is 4.74 Å². The number of ketones is 1. The minimum Gasteiger partial charge on any atom is -0.507 e. The molecule has 2 heterocycles. The molecule has 1 saturated heterocycles. The zero-order chi connectivity index (χ0) is 21.1. The average molecular weight is 415 g/mol. The van der Waals surface area contributed by atoms with Gasteiger partial charge in [-0.15, -0.1) is 11.3 Å². The Balaban J connectivity index is 2.06. The standard InChI is InChI=1S/C22H26N2O4S/c1-14-13-15(28-4)8-9-16(14)20(25)18-19(17-7-5-12-29-17)24(22(27)21(18)26)11-6-10-23(2)3/h5,7-9,12-13,19,25H,6,10-11H2,1-4H3/b20-18+/t19-/m1/s1. The molecular weight excluding hydrogens is 388 g/mol. The molecule has 7 heteroatoms. The molecule has 0 unspecified atom stereocenters. The molecule has 2 aromatic rings. The van der Waals surface area contributed by atoms with E-state index in [0.29, 0.717) is 17.9 Å². The van der Waals surface area contributed by atoms with Crippen molar-refractivity contribution in [2.75, 3.05) is 34.3 Å². The molecule has 154 valence electrons. The lowest BCUT2D eigenvalue weighted by Gasteiger charge is -2.24. The van der Waals surface area contributed by atoms with E-state index in [4.69, 9.17) is 4.74 Å². The van der Waals surface area contributed by atoms with Crippen LogP contribution in [0.4, 0.5) is 0 Å². The lowest BCUT2D eigenvalue weighted by atomic mass is 9.97. The van der Waals surface area contributed by atoms with Crippen molar-refractivity contribution < 1.29 is 19.4 Å². The fourth-order valence-corrected chi connectivity index (χ4v) is 4.43. The predicted molar refractivity (Wildman–Crippen MR) is 114 cm³/mol. The average Bonchev–Trinajstić information content (AvgIpc) is 3.29. The Morgan fingerprint density at radius 1 is 1.28 bits per heavy atom. The van der Waals surface area contributed by atoms with Crippen LogP contribution >= 0.6 is 11.3 Å². The van der Waals surface area contributed by atoms with E-state index in [-0.39, 0.29) is 11.3 Å². The Labute approximate surface area is 175 Å². The van der Waals surface area contributed by atoms with Gasteiger partial charge in [-0.2, -0.15) is 0 Å². The van der Waals surface area contributed by atoms with Crippen molar-refractivity contribution in [3.63, 3.8) is 0 Å². The summed E-state index contributed by atoms with van der Waals surface area (Å²) in [7, 11) is 5.51. The number of hydrogen-bond donors (Lipinski definition) is 1. The number of likely N-dealkylation sites (tertiary alicyclic amines) is 1. The number of Topliss-reactive ketones (excluding diaryl/α,β-unsaturated/α-hetero) is 1. The van der Waals surface area contributed by atoms with Gasteiger partial charge in [0.15, 0.2) is 0 Å². The van der Waals surface area contributed by atoms with Crippen LogP contribution in [-0.2, 0) is 9.59 Å². The summed E-state index contributed by atoms with van der Waals surface area (Å²) in [6.07, 6.45) is 0.740. The summed E-state index contributed by atoms with van der Waals surface area (Å²) in [5, 5.41) is 13.0. The van der Waals surface area contributed by atoms with Gasteiger partial charge in [0.25, 0.3) is 11.7 Å². The number of carbonyl (C=O) groups is 2. The first-order valence-electron chi connectivity index (χ1n) is 9.46. The highest BCUT2D eigenvalue weighted by Crippen LogP contribution is 2.41. The normalized spacial score (nSPS) is 18.7. The molecule has 0 spiro atoms. The van der Waals surface area contributed by atoms with Gasteiger partial charge < -0.3 is 19.6 Å². The highest BCUT2D eigenvalue weighted by Gasteiger charge is 2.46. The molecule has 0 aliphatic carbocycles. The second-order valence-electron chi connectivity index (χ2n) is 7.35. The lowest BCUT2D eigenvalue weighted by molar-refractivity contribution is -0.139. The van der Waals surface area contributed by atoms with Crippen LogP contribution in [0.2, 0.25) is 0 Å². The molecule has 0 radical (unpaired) electrons. The van der Waals surface area contributed by atoms with Gasteiger partial charge in [-0.3, -0.25) is 9.59 Å². The molecule has 1 aromatic carbocycles. The topological polar surface area (TPSA) is 70.1 Å². The molecule has 1 fully saturated rings. The first-order valence-corrected chi connectivity index (χ1v) is 10.3. The van der Waals surface area contributed by atoms with Crippen molar-refractivity contribution in [2.45, 2.75) is 19.4 Å². The van der Waals surface area contributed by atoms with Gasteiger partial charge in [-0.1, -0.05) is 6.07 Å². The third-order valence-electron chi connectivity index (χ3n) is 5.05. The van der Waals surface area contributed by atoms with Gasteiger partial charge in [0.05, 0.1) is 18.7 Å². The molecule has 1 amide bonds. The van der Waals surface area contributed by atoms with Crippen LogP contribution in [0.25, 0.3) is 5.76 Å². The number of nitrogens with zero attached hydrogens (tertiary/aromatic N) is 2. The quantitative estimate of drug-likeness (QED) is 0.427. The Bertz CT molecular complexity index is 934. The number of rotatable bonds is 7. The molecule has 1 aliphatic rings. The number of thiophene rings is 1. The van der Waals surface area contributed by atoms with E-state index in [1.54, 1.807) is 30.2 Å². The Hall–Kier alpha value is -2.64. The van der Waals surface area contributed by atoms with E-state index in [2.05, 4.69) is 0 Å².